The molecule has 0 N–H and O–H groups in total. The van der Waals surface area contributed by atoms with Gasteiger partial charge in [-0.15, -0.1) is 0 Å². The van der Waals surface area contributed by atoms with Gasteiger partial charge < -0.3 is 0 Å². The number of aliphatic imine (C=N–C) groups is 1. The molecule has 5 nitrogen and oxygen atoms in total. The second-order valence-corrected chi connectivity index (χ2v) is 3.91. The molecule has 1 aliphatic carbocycles. The van der Waals surface area contributed by atoms with Crippen molar-refractivity contribution in [2.75, 3.05) is 0 Å². The largest absolute Gasteiger partial charge is 0.413 e. The Kier molecular flexibility index (Phi) is 2.80. The van der Waals surface area contributed by atoms with Gasteiger partial charge in [-0.2, -0.15) is 13.2 Å². The van der Waals surface area contributed by atoms with Crippen molar-refractivity contribution in [1.29, 1.82) is 0 Å². The van der Waals surface area contributed by atoms with Crippen molar-refractivity contribution in [2.45, 2.75) is 25.4 Å². The van der Waals surface area contributed by atoms with E-state index in [1.807, 2.05) is 0 Å². The normalized spacial score (nSPS) is 20.3. The van der Waals surface area contributed by atoms with Crippen LogP contribution in [-0.4, -0.2) is 22.7 Å². The van der Waals surface area contributed by atoms with Gasteiger partial charge in [0.15, 0.2) is 0 Å². The molecular weight excluding hydrogens is 253 g/mol. The van der Waals surface area contributed by atoms with Gasteiger partial charge in [0.1, 0.15) is 0 Å². The summed E-state index contributed by atoms with van der Waals surface area (Å²) in [5, 5.41) is 10.6. The van der Waals surface area contributed by atoms with E-state index in [4.69, 9.17) is 0 Å². The van der Waals surface area contributed by atoms with Gasteiger partial charge in [-0.25, -0.2) is 4.99 Å². The summed E-state index contributed by atoms with van der Waals surface area (Å²) < 4.78 is 38.2. The highest BCUT2D eigenvalue weighted by molar-refractivity contribution is 6.12. The zero-order valence-corrected chi connectivity index (χ0v) is 8.95. The number of carbonyl (C=O) groups excluding carboxylic acids is 1. The van der Waals surface area contributed by atoms with Gasteiger partial charge in [0.05, 0.1) is 22.6 Å². The first-order valence-electron chi connectivity index (χ1n) is 5.05. The Labute approximate surface area is 98.8 Å². The van der Waals surface area contributed by atoms with Gasteiger partial charge in [-0.3, -0.25) is 14.9 Å². The molecule has 18 heavy (non-hydrogen) atoms. The summed E-state index contributed by atoms with van der Waals surface area (Å²) in [6.45, 7) is 0. The molecule has 0 atom stereocenters. The van der Waals surface area contributed by atoms with Gasteiger partial charge in [0.2, 0.25) is 11.6 Å². The molecule has 1 heterocycles. The second kappa shape index (κ2) is 4.04. The third kappa shape index (κ3) is 2.18. The summed E-state index contributed by atoms with van der Waals surface area (Å²) >= 11 is 0. The molecule has 8 heteroatoms. The molecule has 2 aliphatic rings. The van der Waals surface area contributed by atoms with Gasteiger partial charge in [0, 0.05) is 24.5 Å². The molecule has 0 bridgehead atoms. The monoisotopic (exact) mass is 260 g/mol. The fourth-order valence-electron chi connectivity index (χ4n) is 1.91. The standard InChI is InChI=1S/C10H7F3N2O3/c11-10(12,13)7-4-9(16)14-8-2-1-5(15(17)18)3-6(7)8/h3H,1-2,4H2. The fraction of sp³-hybridized carbons (Fsp3) is 0.400. The lowest BCUT2D eigenvalue weighted by atomic mass is 9.89. The number of rotatable bonds is 1. The van der Waals surface area contributed by atoms with Crippen LogP contribution in [0.1, 0.15) is 19.3 Å². The predicted octanol–water partition coefficient (Wildman–Crippen LogP) is 2.17. The molecule has 1 amide bonds. The topological polar surface area (TPSA) is 72.6 Å². The number of nitro groups is 1. The number of amides is 1. The molecule has 0 radical (unpaired) electrons. The first-order valence-corrected chi connectivity index (χ1v) is 5.05. The Hall–Kier alpha value is -1.99. The van der Waals surface area contributed by atoms with Crippen molar-refractivity contribution in [3.63, 3.8) is 0 Å². The summed E-state index contributed by atoms with van der Waals surface area (Å²) in [5.41, 5.74) is -1.67. The third-order valence-corrected chi connectivity index (χ3v) is 2.73. The van der Waals surface area contributed by atoms with E-state index in [-0.39, 0.29) is 29.8 Å². The van der Waals surface area contributed by atoms with Crippen LogP contribution in [0.5, 0.6) is 0 Å². The van der Waals surface area contributed by atoms with Crippen LogP contribution in [0.15, 0.2) is 27.9 Å². The number of fused-ring (bicyclic) bond motifs is 1. The Bertz CT molecular complexity index is 529. The molecule has 96 valence electrons. The van der Waals surface area contributed by atoms with E-state index >= 15 is 0 Å². The third-order valence-electron chi connectivity index (χ3n) is 2.73. The van der Waals surface area contributed by atoms with Crippen molar-refractivity contribution in [3.05, 3.63) is 33.0 Å². The lowest BCUT2D eigenvalue weighted by molar-refractivity contribution is -0.428. The van der Waals surface area contributed by atoms with Crippen LogP contribution in [0.4, 0.5) is 13.2 Å². The Balaban J connectivity index is 2.57. The Morgan fingerprint density at radius 2 is 2.00 bits per heavy atom. The number of nitrogens with zero attached hydrogens (tertiary/aromatic N) is 2. The van der Waals surface area contributed by atoms with E-state index in [0.717, 1.165) is 6.08 Å². The number of halogens is 3. The lowest BCUT2D eigenvalue weighted by Gasteiger charge is -2.22. The zero-order valence-electron chi connectivity index (χ0n) is 8.95. The van der Waals surface area contributed by atoms with Crippen LogP contribution < -0.4 is 0 Å². The van der Waals surface area contributed by atoms with Gasteiger partial charge in [0.25, 0.3) is 0 Å². The molecule has 0 saturated heterocycles. The number of allylic oxidation sites excluding steroid dienone is 3. The van der Waals surface area contributed by atoms with E-state index in [0.29, 0.717) is 0 Å². The Morgan fingerprint density at radius 1 is 1.33 bits per heavy atom. The molecule has 0 unspecified atom stereocenters. The van der Waals surface area contributed by atoms with E-state index in [1.165, 1.54) is 0 Å². The number of alkyl halides is 3. The first kappa shape index (κ1) is 12.5. The van der Waals surface area contributed by atoms with Crippen LogP contribution in [0.25, 0.3) is 0 Å². The highest BCUT2D eigenvalue weighted by atomic mass is 19.4. The predicted molar refractivity (Wildman–Crippen MR) is 54.5 cm³/mol. The maximum absolute atomic E-state index is 12.7. The summed E-state index contributed by atoms with van der Waals surface area (Å²) in [7, 11) is 0. The van der Waals surface area contributed by atoms with E-state index in [2.05, 4.69) is 4.99 Å². The average Bonchev–Trinajstić information content (AvgIpc) is 2.25. The van der Waals surface area contributed by atoms with Gasteiger partial charge in [-0.05, 0) is 0 Å². The van der Waals surface area contributed by atoms with Gasteiger partial charge in [-0.1, -0.05) is 0 Å². The van der Waals surface area contributed by atoms with Crippen molar-refractivity contribution >= 4 is 11.6 Å². The van der Waals surface area contributed by atoms with Crippen LogP contribution in [0.2, 0.25) is 0 Å². The average molecular weight is 260 g/mol. The minimum atomic E-state index is -4.68. The molecule has 0 aromatic heterocycles. The van der Waals surface area contributed by atoms with E-state index < -0.39 is 29.0 Å². The fourth-order valence-corrected chi connectivity index (χ4v) is 1.91. The smallest absolute Gasteiger partial charge is 0.272 e. The van der Waals surface area contributed by atoms with Gasteiger partial charge >= 0.3 is 6.18 Å². The van der Waals surface area contributed by atoms with Crippen LogP contribution in [0.3, 0.4) is 0 Å². The summed E-state index contributed by atoms with van der Waals surface area (Å²) in [4.78, 5) is 24.5. The minimum absolute atomic E-state index is 0.0100. The van der Waals surface area contributed by atoms with E-state index in [9.17, 15) is 28.1 Å². The van der Waals surface area contributed by atoms with E-state index in [1.54, 1.807) is 0 Å². The van der Waals surface area contributed by atoms with Crippen molar-refractivity contribution in [3.8, 4) is 0 Å². The molecule has 0 saturated carbocycles. The summed E-state index contributed by atoms with van der Waals surface area (Å²) in [6, 6.07) is 0. The number of dihydropyridines is 1. The maximum Gasteiger partial charge on any atom is 0.413 e. The maximum atomic E-state index is 12.7. The van der Waals surface area contributed by atoms with Crippen molar-refractivity contribution < 1.29 is 22.9 Å². The number of carbonyl (C=O) groups is 1. The molecule has 0 fully saturated rings. The number of hydrogen-bond acceptors (Lipinski definition) is 3. The summed E-state index contributed by atoms with van der Waals surface area (Å²) in [5.74, 6) is -0.862. The number of hydrogen-bond donors (Lipinski definition) is 0. The molecule has 0 aromatic carbocycles. The van der Waals surface area contributed by atoms with Crippen LogP contribution in [-0.2, 0) is 4.79 Å². The highest BCUT2D eigenvalue weighted by Crippen LogP contribution is 2.37. The van der Waals surface area contributed by atoms with Crippen molar-refractivity contribution in [2.24, 2.45) is 4.99 Å². The second-order valence-electron chi connectivity index (χ2n) is 3.91. The minimum Gasteiger partial charge on any atom is -0.272 e. The molecule has 0 aromatic rings. The van der Waals surface area contributed by atoms with Crippen LogP contribution >= 0.6 is 0 Å². The first-order chi connectivity index (χ1) is 8.29. The molecule has 0 spiro atoms. The summed E-state index contributed by atoms with van der Waals surface area (Å²) in [6.07, 6.45) is -4.70. The SMILES string of the molecule is O=C1CC(C(F)(F)F)=C2C=C([N+](=O)[O-])CCC2=N1. The van der Waals surface area contributed by atoms with Crippen LogP contribution in [0, 0.1) is 10.1 Å². The highest BCUT2D eigenvalue weighted by Gasteiger charge is 2.41. The van der Waals surface area contributed by atoms with Crippen molar-refractivity contribution in [1.82, 2.24) is 0 Å². The molecule has 1 aliphatic heterocycles. The lowest BCUT2D eigenvalue weighted by Crippen LogP contribution is -2.26. The molecular formula is C10H7F3N2O3. The molecule has 2 rings (SSSR count). The Morgan fingerprint density at radius 3 is 2.56 bits per heavy atom. The quantitative estimate of drug-likeness (QED) is 0.535. The zero-order chi connectivity index (χ0) is 13.5.